The van der Waals surface area contributed by atoms with Crippen molar-refractivity contribution in [3.63, 3.8) is 0 Å². The Balaban J connectivity index is 1.60. The van der Waals surface area contributed by atoms with Gasteiger partial charge in [-0.05, 0) is 37.5 Å². The molecule has 2 aliphatic rings. The van der Waals surface area contributed by atoms with E-state index in [4.69, 9.17) is 9.73 Å². The summed E-state index contributed by atoms with van der Waals surface area (Å²) in [7, 11) is 3.70. The van der Waals surface area contributed by atoms with Gasteiger partial charge in [0, 0.05) is 46.0 Å². The van der Waals surface area contributed by atoms with Crippen LogP contribution in [0.2, 0.25) is 0 Å². The molecule has 0 unspecified atom stereocenters. The highest BCUT2D eigenvalue weighted by atomic mass is 16.5. The monoisotopic (exact) mass is 415 g/mol. The number of ether oxygens (including phenoxy) is 1. The normalized spacial score (nSPS) is 18.9. The molecule has 2 N–H and O–H groups in total. The van der Waals surface area contributed by atoms with Gasteiger partial charge in [0.25, 0.3) is 0 Å². The van der Waals surface area contributed by atoms with Crippen molar-refractivity contribution in [2.75, 3.05) is 58.4 Å². The van der Waals surface area contributed by atoms with E-state index in [2.05, 4.69) is 46.7 Å². The molecule has 7 nitrogen and oxygen atoms in total. The van der Waals surface area contributed by atoms with Crippen molar-refractivity contribution in [3.05, 3.63) is 29.8 Å². The number of carbonyl (C=O) groups excluding carboxylic acids is 1. The van der Waals surface area contributed by atoms with E-state index in [9.17, 15) is 4.79 Å². The van der Waals surface area contributed by atoms with Gasteiger partial charge in [0.15, 0.2) is 5.96 Å². The number of nitrogens with one attached hydrogen (secondary N) is 2. The van der Waals surface area contributed by atoms with Crippen LogP contribution in [0.3, 0.4) is 0 Å². The van der Waals surface area contributed by atoms with Crippen molar-refractivity contribution in [1.29, 1.82) is 0 Å². The second kappa shape index (κ2) is 10.7. The van der Waals surface area contributed by atoms with Crippen LogP contribution in [0.5, 0.6) is 0 Å². The Morgan fingerprint density at radius 3 is 2.40 bits per heavy atom. The summed E-state index contributed by atoms with van der Waals surface area (Å²) >= 11 is 0. The van der Waals surface area contributed by atoms with E-state index in [0.29, 0.717) is 13.1 Å². The SMILES string of the molecule is CCNC(=NCc1ccc(N2CCOCC2)cc1)NCC1(C(=O)N(C)C)CCCC1. The Bertz CT molecular complexity index is 705. The zero-order valence-corrected chi connectivity index (χ0v) is 18.7. The maximum atomic E-state index is 12.8. The summed E-state index contributed by atoms with van der Waals surface area (Å²) in [5.41, 5.74) is 2.10. The minimum Gasteiger partial charge on any atom is -0.378 e. The molecule has 1 amide bonds. The van der Waals surface area contributed by atoms with Crippen LogP contribution in [-0.2, 0) is 16.1 Å². The minimum absolute atomic E-state index is 0.224. The van der Waals surface area contributed by atoms with Crippen LogP contribution in [0, 0.1) is 5.41 Å². The summed E-state index contributed by atoms with van der Waals surface area (Å²) in [5.74, 6) is 0.995. The molecule has 2 fully saturated rings. The molecule has 1 aromatic rings. The highest BCUT2D eigenvalue weighted by Crippen LogP contribution is 2.38. The lowest BCUT2D eigenvalue weighted by molar-refractivity contribution is -0.138. The highest BCUT2D eigenvalue weighted by molar-refractivity contribution is 5.85. The molecule has 1 heterocycles. The van der Waals surface area contributed by atoms with Gasteiger partial charge in [-0.3, -0.25) is 4.79 Å². The van der Waals surface area contributed by atoms with Crippen molar-refractivity contribution < 1.29 is 9.53 Å². The van der Waals surface area contributed by atoms with Crippen molar-refractivity contribution in [1.82, 2.24) is 15.5 Å². The fourth-order valence-electron chi connectivity index (χ4n) is 4.39. The topological polar surface area (TPSA) is 69.2 Å². The maximum absolute atomic E-state index is 12.8. The number of guanidine groups is 1. The Morgan fingerprint density at radius 2 is 1.80 bits per heavy atom. The molecule has 30 heavy (non-hydrogen) atoms. The van der Waals surface area contributed by atoms with Crippen LogP contribution in [0.25, 0.3) is 0 Å². The fourth-order valence-corrected chi connectivity index (χ4v) is 4.39. The Hall–Kier alpha value is -2.28. The molecular formula is C23H37N5O2. The molecule has 0 bridgehead atoms. The summed E-state index contributed by atoms with van der Waals surface area (Å²) in [6.45, 7) is 7.56. The van der Waals surface area contributed by atoms with Gasteiger partial charge in [-0.25, -0.2) is 4.99 Å². The fraction of sp³-hybridized carbons (Fsp3) is 0.652. The number of benzene rings is 1. The van der Waals surface area contributed by atoms with Crippen LogP contribution in [0.15, 0.2) is 29.3 Å². The van der Waals surface area contributed by atoms with Gasteiger partial charge < -0.3 is 25.2 Å². The van der Waals surface area contributed by atoms with E-state index in [1.165, 1.54) is 11.3 Å². The standard InChI is InChI=1S/C23H37N5O2/c1-4-24-22(26-18-23(11-5-6-12-23)21(29)27(2)3)25-17-19-7-9-20(10-8-19)28-13-15-30-16-14-28/h7-10H,4-6,11-18H2,1-3H3,(H2,24,25,26). The number of anilines is 1. The third-order valence-electron chi connectivity index (χ3n) is 6.09. The summed E-state index contributed by atoms with van der Waals surface area (Å²) in [6.07, 6.45) is 4.12. The largest absolute Gasteiger partial charge is 0.378 e. The summed E-state index contributed by atoms with van der Waals surface area (Å²) in [4.78, 5) is 21.6. The van der Waals surface area contributed by atoms with Crippen LogP contribution in [0.1, 0.15) is 38.2 Å². The smallest absolute Gasteiger partial charge is 0.230 e. The lowest BCUT2D eigenvalue weighted by atomic mass is 9.84. The Morgan fingerprint density at radius 1 is 1.13 bits per heavy atom. The number of carbonyl (C=O) groups is 1. The summed E-state index contributed by atoms with van der Waals surface area (Å²) < 4.78 is 5.43. The molecule has 0 radical (unpaired) electrons. The number of rotatable bonds is 7. The number of aliphatic imine (C=N–C) groups is 1. The third kappa shape index (κ3) is 5.65. The van der Waals surface area contributed by atoms with Gasteiger partial charge in [-0.1, -0.05) is 25.0 Å². The molecule has 0 atom stereocenters. The number of hydrogen-bond donors (Lipinski definition) is 2. The number of hydrogen-bond acceptors (Lipinski definition) is 4. The first-order valence-corrected chi connectivity index (χ1v) is 11.2. The first kappa shape index (κ1) is 22.4. The van der Waals surface area contributed by atoms with E-state index in [-0.39, 0.29) is 11.3 Å². The second-order valence-corrected chi connectivity index (χ2v) is 8.50. The van der Waals surface area contributed by atoms with Gasteiger partial charge in [0.05, 0.1) is 25.2 Å². The molecule has 1 saturated carbocycles. The predicted molar refractivity (Wildman–Crippen MR) is 122 cm³/mol. The molecule has 1 saturated heterocycles. The van der Waals surface area contributed by atoms with E-state index < -0.39 is 0 Å². The zero-order chi connectivity index (χ0) is 21.4. The van der Waals surface area contributed by atoms with Crippen molar-refractivity contribution in [2.24, 2.45) is 10.4 Å². The van der Waals surface area contributed by atoms with Gasteiger partial charge in [0.1, 0.15) is 0 Å². The first-order chi connectivity index (χ1) is 14.5. The van der Waals surface area contributed by atoms with Crippen LogP contribution >= 0.6 is 0 Å². The van der Waals surface area contributed by atoms with Crippen molar-refractivity contribution >= 4 is 17.6 Å². The van der Waals surface area contributed by atoms with Gasteiger partial charge in [0.2, 0.25) is 5.91 Å². The summed E-state index contributed by atoms with van der Waals surface area (Å²) in [5, 5.41) is 6.76. The van der Waals surface area contributed by atoms with E-state index >= 15 is 0 Å². The molecule has 0 aromatic heterocycles. The lowest BCUT2D eigenvalue weighted by Crippen LogP contribution is -2.49. The Kier molecular flexibility index (Phi) is 7.96. The van der Waals surface area contributed by atoms with Crippen LogP contribution in [-0.4, -0.2) is 70.3 Å². The minimum atomic E-state index is -0.306. The number of amides is 1. The highest BCUT2D eigenvalue weighted by Gasteiger charge is 2.42. The number of nitrogens with zero attached hydrogens (tertiary/aromatic N) is 3. The van der Waals surface area contributed by atoms with Gasteiger partial charge >= 0.3 is 0 Å². The first-order valence-electron chi connectivity index (χ1n) is 11.2. The maximum Gasteiger partial charge on any atom is 0.230 e. The quantitative estimate of drug-likeness (QED) is 0.528. The molecule has 7 heteroatoms. The predicted octanol–water partition coefficient (Wildman–Crippen LogP) is 2.23. The molecule has 0 spiro atoms. The average Bonchev–Trinajstić information content (AvgIpc) is 3.26. The second-order valence-electron chi connectivity index (χ2n) is 8.50. The van der Waals surface area contributed by atoms with Crippen LogP contribution in [0.4, 0.5) is 5.69 Å². The van der Waals surface area contributed by atoms with Gasteiger partial charge in [-0.2, -0.15) is 0 Å². The van der Waals surface area contributed by atoms with E-state index in [1.807, 2.05) is 14.1 Å². The molecular weight excluding hydrogens is 378 g/mol. The number of morpholine rings is 1. The molecule has 3 rings (SSSR count). The van der Waals surface area contributed by atoms with Crippen LogP contribution < -0.4 is 15.5 Å². The zero-order valence-electron chi connectivity index (χ0n) is 18.7. The molecule has 166 valence electrons. The van der Waals surface area contributed by atoms with E-state index in [0.717, 1.165) is 64.5 Å². The average molecular weight is 416 g/mol. The molecule has 1 aliphatic heterocycles. The van der Waals surface area contributed by atoms with Crippen molar-refractivity contribution in [3.8, 4) is 0 Å². The molecule has 1 aliphatic carbocycles. The van der Waals surface area contributed by atoms with Gasteiger partial charge in [-0.15, -0.1) is 0 Å². The third-order valence-corrected chi connectivity index (χ3v) is 6.09. The summed E-state index contributed by atoms with van der Waals surface area (Å²) in [6, 6.07) is 8.62. The lowest BCUT2D eigenvalue weighted by Gasteiger charge is -2.31. The van der Waals surface area contributed by atoms with Crippen molar-refractivity contribution in [2.45, 2.75) is 39.2 Å². The Labute approximate surface area is 180 Å². The molecule has 1 aromatic carbocycles. The van der Waals surface area contributed by atoms with E-state index in [1.54, 1.807) is 4.90 Å².